The summed E-state index contributed by atoms with van der Waals surface area (Å²) in [6.07, 6.45) is 0. The maximum absolute atomic E-state index is 13.4. The lowest BCUT2D eigenvalue weighted by Gasteiger charge is -2.44. The standard InChI is InChI=1S/C21H22BrF3N2O2/c1-13-10-27(14(2)9-26(13)11-15-3-5-16(23)6-4-15)21(28)12-29-20-8-19(25)18(24)7-17(20)22/h3-8,13-14H,9-12H2,1-2H3/t13-,14+/m0/s1. The van der Waals surface area contributed by atoms with Gasteiger partial charge in [-0.3, -0.25) is 9.69 Å². The van der Waals surface area contributed by atoms with Gasteiger partial charge >= 0.3 is 0 Å². The van der Waals surface area contributed by atoms with Crippen molar-refractivity contribution in [1.29, 1.82) is 0 Å². The highest BCUT2D eigenvalue weighted by molar-refractivity contribution is 9.10. The van der Waals surface area contributed by atoms with Crippen molar-refractivity contribution in [2.24, 2.45) is 0 Å². The molecule has 0 unspecified atom stereocenters. The molecule has 1 amide bonds. The smallest absolute Gasteiger partial charge is 0.260 e. The van der Waals surface area contributed by atoms with Gasteiger partial charge in [-0.15, -0.1) is 0 Å². The van der Waals surface area contributed by atoms with Crippen molar-refractivity contribution in [3.63, 3.8) is 0 Å². The number of ether oxygens (including phenoxy) is 1. The maximum atomic E-state index is 13.4. The zero-order valence-corrected chi connectivity index (χ0v) is 17.8. The van der Waals surface area contributed by atoms with E-state index in [9.17, 15) is 18.0 Å². The molecule has 156 valence electrons. The van der Waals surface area contributed by atoms with Crippen molar-refractivity contribution in [1.82, 2.24) is 9.80 Å². The predicted molar refractivity (Wildman–Crippen MR) is 107 cm³/mol. The first-order valence-electron chi connectivity index (χ1n) is 9.30. The number of hydrogen-bond acceptors (Lipinski definition) is 3. The van der Waals surface area contributed by atoms with Crippen LogP contribution in [-0.4, -0.2) is 47.5 Å². The second-order valence-electron chi connectivity index (χ2n) is 7.29. The fourth-order valence-corrected chi connectivity index (χ4v) is 3.86. The number of carbonyl (C=O) groups excluding carboxylic acids is 1. The van der Waals surface area contributed by atoms with Gasteiger partial charge in [0.25, 0.3) is 5.91 Å². The van der Waals surface area contributed by atoms with E-state index in [4.69, 9.17) is 4.74 Å². The van der Waals surface area contributed by atoms with Gasteiger partial charge in [-0.05, 0) is 53.5 Å². The van der Waals surface area contributed by atoms with Crippen LogP contribution in [0.3, 0.4) is 0 Å². The van der Waals surface area contributed by atoms with Gasteiger partial charge in [0.2, 0.25) is 0 Å². The van der Waals surface area contributed by atoms with Gasteiger partial charge in [0.15, 0.2) is 18.2 Å². The molecular formula is C21H22BrF3N2O2. The minimum atomic E-state index is -1.04. The van der Waals surface area contributed by atoms with Gasteiger partial charge in [0.1, 0.15) is 11.6 Å². The summed E-state index contributed by atoms with van der Waals surface area (Å²) < 4.78 is 45.3. The summed E-state index contributed by atoms with van der Waals surface area (Å²) in [5.74, 6) is -2.43. The predicted octanol–water partition coefficient (Wildman–Crippen LogP) is 4.37. The monoisotopic (exact) mass is 470 g/mol. The average Bonchev–Trinajstić information content (AvgIpc) is 2.67. The molecule has 0 aromatic heterocycles. The summed E-state index contributed by atoms with van der Waals surface area (Å²) in [7, 11) is 0. The molecule has 0 N–H and O–H groups in total. The molecular weight excluding hydrogens is 449 g/mol. The molecule has 1 aliphatic heterocycles. The SMILES string of the molecule is C[C@@H]1CN(Cc2ccc(F)cc2)[C@@H](C)CN1C(=O)COc1cc(F)c(F)cc1Br. The molecule has 1 saturated heterocycles. The minimum absolute atomic E-state index is 0.0452. The number of carbonyl (C=O) groups is 1. The van der Waals surface area contributed by atoms with E-state index < -0.39 is 11.6 Å². The molecule has 1 fully saturated rings. The highest BCUT2D eigenvalue weighted by Gasteiger charge is 2.32. The lowest BCUT2D eigenvalue weighted by Crippen LogP contribution is -2.58. The van der Waals surface area contributed by atoms with Crippen molar-refractivity contribution >= 4 is 21.8 Å². The Morgan fingerprint density at radius 2 is 1.72 bits per heavy atom. The summed E-state index contributed by atoms with van der Waals surface area (Å²) in [6.45, 7) is 5.57. The molecule has 29 heavy (non-hydrogen) atoms. The normalized spacial score (nSPS) is 20.0. The van der Waals surface area contributed by atoms with Crippen molar-refractivity contribution in [3.05, 3.63) is 63.9 Å². The molecule has 1 heterocycles. The summed E-state index contributed by atoms with van der Waals surface area (Å²) in [5.41, 5.74) is 1.01. The van der Waals surface area contributed by atoms with Crippen LogP contribution in [0.1, 0.15) is 19.4 Å². The number of amides is 1. The molecule has 0 aliphatic carbocycles. The van der Waals surface area contributed by atoms with Gasteiger partial charge in [-0.2, -0.15) is 0 Å². The van der Waals surface area contributed by atoms with Gasteiger partial charge in [0.05, 0.1) is 4.47 Å². The number of benzene rings is 2. The highest BCUT2D eigenvalue weighted by Crippen LogP contribution is 2.28. The van der Waals surface area contributed by atoms with Crippen LogP contribution in [0.4, 0.5) is 13.2 Å². The zero-order chi connectivity index (χ0) is 21.1. The molecule has 8 heteroatoms. The molecule has 0 saturated carbocycles. The fraction of sp³-hybridized carbons (Fsp3) is 0.381. The van der Waals surface area contributed by atoms with Crippen molar-refractivity contribution in [3.8, 4) is 5.75 Å². The Balaban J connectivity index is 1.58. The van der Waals surface area contributed by atoms with Gasteiger partial charge in [-0.1, -0.05) is 12.1 Å². The molecule has 3 rings (SSSR count). The molecule has 2 atom stereocenters. The quantitative estimate of drug-likeness (QED) is 0.608. The second kappa shape index (κ2) is 9.17. The number of nitrogens with zero attached hydrogens (tertiary/aromatic N) is 2. The Labute approximate surface area is 176 Å². The Hall–Kier alpha value is -2.06. The first-order valence-corrected chi connectivity index (χ1v) is 10.1. The fourth-order valence-electron chi connectivity index (χ4n) is 3.43. The number of piperazine rings is 1. The third kappa shape index (κ3) is 5.30. The Kier molecular flexibility index (Phi) is 6.85. The van der Waals surface area contributed by atoms with Crippen LogP contribution in [0.25, 0.3) is 0 Å². The Morgan fingerprint density at radius 3 is 2.41 bits per heavy atom. The van der Waals surface area contributed by atoms with E-state index >= 15 is 0 Å². The summed E-state index contributed by atoms with van der Waals surface area (Å²) in [5, 5.41) is 0. The highest BCUT2D eigenvalue weighted by atomic mass is 79.9. The minimum Gasteiger partial charge on any atom is -0.482 e. The van der Waals surface area contributed by atoms with E-state index in [0.29, 0.717) is 19.6 Å². The van der Waals surface area contributed by atoms with Crippen LogP contribution in [0.15, 0.2) is 40.9 Å². The largest absolute Gasteiger partial charge is 0.482 e. The molecule has 0 spiro atoms. The average molecular weight is 471 g/mol. The first kappa shape index (κ1) is 21.6. The second-order valence-corrected chi connectivity index (χ2v) is 8.14. The van der Waals surface area contributed by atoms with Gasteiger partial charge in [0, 0.05) is 37.8 Å². The van der Waals surface area contributed by atoms with Crippen LogP contribution in [0.5, 0.6) is 5.75 Å². The van der Waals surface area contributed by atoms with Crippen LogP contribution in [0, 0.1) is 17.5 Å². The van der Waals surface area contributed by atoms with E-state index in [0.717, 1.165) is 17.7 Å². The third-order valence-electron chi connectivity index (χ3n) is 5.06. The number of halogens is 4. The van der Waals surface area contributed by atoms with Gasteiger partial charge in [-0.25, -0.2) is 13.2 Å². The van der Waals surface area contributed by atoms with E-state index in [2.05, 4.69) is 20.8 Å². The van der Waals surface area contributed by atoms with E-state index in [1.807, 2.05) is 13.8 Å². The first-order chi connectivity index (χ1) is 13.7. The summed E-state index contributed by atoms with van der Waals surface area (Å²) in [4.78, 5) is 16.6. The Bertz CT molecular complexity index is 879. The lowest BCUT2D eigenvalue weighted by atomic mass is 10.1. The third-order valence-corrected chi connectivity index (χ3v) is 5.68. The molecule has 4 nitrogen and oxygen atoms in total. The lowest BCUT2D eigenvalue weighted by molar-refractivity contribution is -0.139. The van der Waals surface area contributed by atoms with Crippen LogP contribution < -0.4 is 4.74 Å². The van der Waals surface area contributed by atoms with Gasteiger partial charge < -0.3 is 9.64 Å². The van der Waals surface area contributed by atoms with Crippen molar-refractivity contribution < 1.29 is 22.7 Å². The molecule has 0 bridgehead atoms. The molecule has 1 aliphatic rings. The van der Waals surface area contributed by atoms with E-state index in [-0.39, 0.29) is 40.6 Å². The number of rotatable bonds is 5. The topological polar surface area (TPSA) is 32.8 Å². The van der Waals surface area contributed by atoms with Crippen molar-refractivity contribution in [2.45, 2.75) is 32.5 Å². The van der Waals surface area contributed by atoms with E-state index in [1.165, 1.54) is 12.1 Å². The zero-order valence-electron chi connectivity index (χ0n) is 16.2. The summed E-state index contributed by atoms with van der Waals surface area (Å²) >= 11 is 3.11. The molecule has 2 aromatic rings. The molecule has 2 aromatic carbocycles. The summed E-state index contributed by atoms with van der Waals surface area (Å²) in [6, 6.07) is 8.35. The Morgan fingerprint density at radius 1 is 1.07 bits per heavy atom. The van der Waals surface area contributed by atoms with Crippen LogP contribution >= 0.6 is 15.9 Å². The molecule has 0 radical (unpaired) electrons. The number of hydrogen-bond donors (Lipinski definition) is 0. The van der Waals surface area contributed by atoms with Crippen molar-refractivity contribution in [2.75, 3.05) is 19.7 Å². The van der Waals surface area contributed by atoms with Crippen LogP contribution in [0.2, 0.25) is 0 Å². The maximum Gasteiger partial charge on any atom is 0.260 e. The van der Waals surface area contributed by atoms with Crippen LogP contribution in [-0.2, 0) is 11.3 Å². The van der Waals surface area contributed by atoms with E-state index in [1.54, 1.807) is 17.0 Å².